The van der Waals surface area contributed by atoms with Crippen LogP contribution >= 0.6 is 0 Å². The first kappa shape index (κ1) is 15.1. The van der Waals surface area contributed by atoms with E-state index in [0.29, 0.717) is 12.0 Å². The molecule has 0 radical (unpaired) electrons. The van der Waals surface area contributed by atoms with Crippen molar-refractivity contribution in [2.24, 2.45) is 0 Å². The zero-order chi connectivity index (χ0) is 15.4. The molecule has 1 aliphatic rings. The van der Waals surface area contributed by atoms with Gasteiger partial charge in [-0.3, -0.25) is 4.90 Å². The summed E-state index contributed by atoms with van der Waals surface area (Å²) in [6.45, 7) is 1.04. The second-order valence-corrected chi connectivity index (χ2v) is 6.34. The Labute approximate surface area is 133 Å². The molecule has 0 bridgehead atoms. The van der Waals surface area contributed by atoms with Crippen molar-refractivity contribution in [3.05, 3.63) is 65.7 Å². The van der Waals surface area contributed by atoms with Gasteiger partial charge in [0.1, 0.15) is 5.75 Å². The third-order valence-electron chi connectivity index (χ3n) is 4.89. The third-order valence-corrected chi connectivity index (χ3v) is 4.89. The first-order valence-electron chi connectivity index (χ1n) is 8.14. The number of ether oxygens (including phenoxy) is 1. The highest BCUT2D eigenvalue weighted by atomic mass is 16.5. The van der Waals surface area contributed by atoms with Gasteiger partial charge in [-0.05, 0) is 55.5 Å². The van der Waals surface area contributed by atoms with E-state index in [-0.39, 0.29) is 0 Å². The molecule has 0 spiro atoms. The summed E-state index contributed by atoms with van der Waals surface area (Å²) in [5.74, 6) is 1.63. The third kappa shape index (κ3) is 3.50. The van der Waals surface area contributed by atoms with Crippen LogP contribution in [0.15, 0.2) is 54.6 Å². The lowest BCUT2D eigenvalue weighted by molar-refractivity contribution is 0.235. The average Bonchev–Trinajstić information content (AvgIpc) is 3.06. The minimum atomic E-state index is 0.687. The molecule has 3 rings (SSSR count). The van der Waals surface area contributed by atoms with E-state index < -0.39 is 0 Å². The molecule has 0 saturated heterocycles. The fourth-order valence-corrected chi connectivity index (χ4v) is 3.54. The van der Waals surface area contributed by atoms with Crippen LogP contribution < -0.4 is 4.74 Å². The van der Waals surface area contributed by atoms with Crippen LogP contribution in [0.3, 0.4) is 0 Å². The number of benzene rings is 2. The Balaban J connectivity index is 1.59. The lowest BCUT2D eigenvalue weighted by Crippen LogP contribution is -2.28. The number of hydrogen-bond donors (Lipinski definition) is 0. The summed E-state index contributed by atoms with van der Waals surface area (Å²) in [7, 11) is 3.98. The SMILES string of the molecule is COc1ccc(C2CCC(N(C)Cc3ccccc3)C2)cc1. The first-order valence-corrected chi connectivity index (χ1v) is 8.14. The molecule has 0 aliphatic heterocycles. The van der Waals surface area contributed by atoms with Gasteiger partial charge in [0, 0.05) is 12.6 Å². The largest absolute Gasteiger partial charge is 0.497 e. The summed E-state index contributed by atoms with van der Waals surface area (Å²) >= 11 is 0. The molecule has 1 aliphatic carbocycles. The van der Waals surface area contributed by atoms with Gasteiger partial charge < -0.3 is 4.74 Å². The van der Waals surface area contributed by atoms with Gasteiger partial charge in [-0.25, -0.2) is 0 Å². The summed E-state index contributed by atoms with van der Waals surface area (Å²) in [6, 6.07) is 20.1. The van der Waals surface area contributed by atoms with Crippen LogP contribution in [0.4, 0.5) is 0 Å². The minimum Gasteiger partial charge on any atom is -0.497 e. The Bertz CT molecular complexity index is 578. The van der Waals surface area contributed by atoms with E-state index in [1.807, 2.05) is 0 Å². The number of hydrogen-bond acceptors (Lipinski definition) is 2. The van der Waals surface area contributed by atoms with Crippen LogP contribution in [0.5, 0.6) is 5.75 Å². The first-order chi connectivity index (χ1) is 10.8. The zero-order valence-electron chi connectivity index (χ0n) is 13.5. The van der Waals surface area contributed by atoms with E-state index in [2.05, 4.69) is 66.5 Å². The lowest BCUT2D eigenvalue weighted by Gasteiger charge is -2.24. The molecule has 2 nitrogen and oxygen atoms in total. The van der Waals surface area contributed by atoms with Gasteiger partial charge in [-0.2, -0.15) is 0 Å². The van der Waals surface area contributed by atoms with Gasteiger partial charge >= 0.3 is 0 Å². The van der Waals surface area contributed by atoms with Gasteiger partial charge in [-0.1, -0.05) is 42.5 Å². The molecule has 0 amide bonds. The van der Waals surface area contributed by atoms with Crippen LogP contribution in [0.1, 0.15) is 36.3 Å². The molecule has 1 fully saturated rings. The van der Waals surface area contributed by atoms with Gasteiger partial charge in [0.2, 0.25) is 0 Å². The smallest absolute Gasteiger partial charge is 0.118 e. The Morgan fingerprint density at radius 1 is 1.00 bits per heavy atom. The maximum Gasteiger partial charge on any atom is 0.118 e. The zero-order valence-corrected chi connectivity index (χ0v) is 13.5. The highest BCUT2D eigenvalue weighted by molar-refractivity contribution is 5.30. The molecule has 0 N–H and O–H groups in total. The van der Waals surface area contributed by atoms with E-state index in [9.17, 15) is 0 Å². The quantitative estimate of drug-likeness (QED) is 0.807. The van der Waals surface area contributed by atoms with Crippen molar-refractivity contribution in [2.45, 2.75) is 37.8 Å². The van der Waals surface area contributed by atoms with E-state index in [1.54, 1.807) is 7.11 Å². The summed E-state index contributed by atoms with van der Waals surface area (Å²) in [5.41, 5.74) is 2.86. The van der Waals surface area contributed by atoms with Crippen molar-refractivity contribution < 1.29 is 4.74 Å². The van der Waals surface area contributed by atoms with E-state index in [1.165, 1.54) is 30.4 Å². The molecular weight excluding hydrogens is 270 g/mol. The Hall–Kier alpha value is -1.80. The summed E-state index contributed by atoms with van der Waals surface area (Å²) < 4.78 is 5.25. The fraction of sp³-hybridized carbons (Fsp3) is 0.400. The van der Waals surface area contributed by atoms with Crippen LogP contribution in [-0.4, -0.2) is 25.1 Å². The van der Waals surface area contributed by atoms with Crippen molar-refractivity contribution in [2.75, 3.05) is 14.2 Å². The van der Waals surface area contributed by atoms with E-state index in [0.717, 1.165) is 12.3 Å². The molecule has 2 aromatic carbocycles. The Morgan fingerprint density at radius 2 is 1.73 bits per heavy atom. The number of methoxy groups -OCH3 is 1. The molecule has 2 unspecified atom stereocenters. The molecular formula is C20H25NO. The van der Waals surface area contributed by atoms with E-state index in [4.69, 9.17) is 4.74 Å². The van der Waals surface area contributed by atoms with Gasteiger partial charge in [-0.15, -0.1) is 0 Å². The molecule has 0 heterocycles. The summed E-state index contributed by atoms with van der Waals surface area (Å²) in [5, 5.41) is 0. The maximum absolute atomic E-state index is 5.25. The molecule has 2 heteroatoms. The lowest BCUT2D eigenvalue weighted by atomic mass is 9.97. The van der Waals surface area contributed by atoms with Crippen LogP contribution in [-0.2, 0) is 6.54 Å². The monoisotopic (exact) mass is 295 g/mol. The Morgan fingerprint density at radius 3 is 2.41 bits per heavy atom. The molecule has 1 saturated carbocycles. The number of nitrogens with zero attached hydrogens (tertiary/aromatic N) is 1. The standard InChI is InChI=1S/C20H25NO/c1-21(15-16-6-4-3-5-7-16)19-11-8-18(14-19)17-9-12-20(22-2)13-10-17/h3-7,9-10,12-13,18-19H,8,11,14-15H2,1-2H3. The molecule has 22 heavy (non-hydrogen) atoms. The Kier molecular flexibility index (Phi) is 4.79. The van der Waals surface area contributed by atoms with Crippen LogP contribution in [0, 0.1) is 0 Å². The highest BCUT2D eigenvalue weighted by Gasteiger charge is 2.28. The molecule has 2 atom stereocenters. The number of rotatable bonds is 5. The van der Waals surface area contributed by atoms with Gasteiger partial charge in [0.25, 0.3) is 0 Å². The predicted octanol–water partition coefficient (Wildman–Crippen LogP) is 4.46. The fourth-order valence-electron chi connectivity index (χ4n) is 3.54. The summed E-state index contributed by atoms with van der Waals surface area (Å²) in [4.78, 5) is 2.51. The van der Waals surface area contributed by atoms with Crippen LogP contribution in [0.2, 0.25) is 0 Å². The highest BCUT2D eigenvalue weighted by Crippen LogP contribution is 2.37. The van der Waals surface area contributed by atoms with Crippen molar-refractivity contribution in [1.29, 1.82) is 0 Å². The van der Waals surface area contributed by atoms with Crippen molar-refractivity contribution in [1.82, 2.24) is 4.90 Å². The summed E-state index contributed by atoms with van der Waals surface area (Å²) in [6.07, 6.45) is 3.84. The maximum atomic E-state index is 5.25. The minimum absolute atomic E-state index is 0.687. The second-order valence-electron chi connectivity index (χ2n) is 6.34. The molecule has 116 valence electrons. The van der Waals surface area contributed by atoms with Crippen molar-refractivity contribution in [3.63, 3.8) is 0 Å². The van der Waals surface area contributed by atoms with Crippen LogP contribution in [0.25, 0.3) is 0 Å². The molecule has 2 aromatic rings. The topological polar surface area (TPSA) is 12.5 Å². The van der Waals surface area contributed by atoms with Gasteiger partial charge in [0.15, 0.2) is 0 Å². The van der Waals surface area contributed by atoms with Gasteiger partial charge in [0.05, 0.1) is 7.11 Å². The van der Waals surface area contributed by atoms with Crippen molar-refractivity contribution in [3.8, 4) is 5.75 Å². The molecule has 0 aromatic heterocycles. The normalized spacial score (nSPS) is 21.2. The second kappa shape index (κ2) is 6.97. The predicted molar refractivity (Wildman–Crippen MR) is 91.3 cm³/mol. The van der Waals surface area contributed by atoms with E-state index >= 15 is 0 Å². The average molecular weight is 295 g/mol. The van der Waals surface area contributed by atoms with Crippen molar-refractivity contribution >= 4 is 0 Å².